The van der Waals surface area contributed by atoms with Gasteiger partial charge in [-0.25, -0.2) is 4.68 Å². The normalized spacial score (nSPS) is 11.0. The van der Waals surface area contributed by atoms with Gasteiger partial charge in [-0.1, -0.05) is 27.2 Å². The maximum absolute atomic E-state index is 4.55. The highest BCUT2D eigenvalue weighted by Gasteiger charge is 2.06. The summed E-state index contributed by atoms with van der Waals surface area (Å²) in [5.74, 6) is 0.607. The summed E-state index contributed by atoms with van der Waals surface area (Å²) in [4.78, 5) is 8.95. The first kappa shape index (κ1) is 17.1. The minimum atomic E-state index is 0.607. The molecule has 0 fully saturated rings. The summed E-state index contributed by atoms with van der Waals surface area (Å²) in [6, 6.07) is 8.15. The quantitative estimate of drug-likeness (QED) is 0.697. The molecule has 0 aromatic carbocycles. The number of nitrogens with one attached hydrogen (secondary N) is 1. The highest BCUT2D eigenvalue weighted by atomic mass is 15.3. The average Bonchev–Trinajstić information content (AvgIpc) is 3.11. The Balaban J connectivity index is 1.76. The van der Waals surface area contributed by atoms with Crippen LogP contribution in [0.5, 0.6) is 0 Å². The summed E-state index contributed by atoms with van der Waals surface area (Å²) in [5.41, 5.74) is 5.09. The third-order valence-electron chi connectivity index (χ3n) is 3.93. The van der Waals surface area contributed by atoms with Crippen molar-refractivity contribution in [3.05, 3.63) is 54.7 Å². The molecule has 0 aliphatic rings. The number of anilines is 1. The minimum Gasteiger partial charge on any atom is -0.384 e. The second kappa shape index (κ2) is 7.92. The Hall–Kier alpha value is -2.69. The predicted molar refractivity (Wildman–Crippen MR) is 102 cm³/mol. The minimum absolute atomic E-state index is 0.607. The molecule has 5 heteroatoms. The lowest BCUT2D eigenvalue weighted by Crippen LogP contribution is -2.07. The largest absolute Gasteiger partial charge is 0.384 e. The van der Waals surface area contributed by atoms with Gasteiger partial charge in [-0.3, -0.25) is 9.97 Å². The molecule has 5 nitrogen and oxygen atoms in total. The molecule has 0 atom stereocenters. The molecule has 0 spiro atoms. The van der Waals surface area contributed by atoms with E-state index in [2.05, 4.69) is 53.3 Å². The molecule has 0 aliphatic heterocycles. The van der Waals surface area contributed by atoms with Gasteiger partial charge in [0.2, 0.25) is 0 Å². The van der Waals surface area contributed by atoms with E-state index < -0.39 is 0 Å². The van der Waals surface area contributed by atoms with E-state index in [0.717, 1.165) is 47.7 Å². The van der Waals surface area contributed by atoms with Crippen molar-refractivity contribution in [2.75, 3.05) is 11.9 Å². The van der Waals surface area contributed by atoms with Crippen molar-refractivity contribution in [3.63, 3.8) is 0 Å². The standard InChI is InChI=1S/C20H25N5/c1-4-5-17-10-19(8-9-21-17)25-14-16(12-24-25)20-7-6-18(13-23-20)22-11-15(2)3/h6-10,12-15,22H,4-5,11H2,1-3H3. The predicted octanol–water partition coefficient (Wildman–Crippen LogP) is 4.35. The molecular weight excluding hydrogens is 310 g/mol. The van der Waals surface area contributed by atoms with Crippen LogP contribution in [0.1, 0.15) is 32.9 Å². The van der Waals surface area contributed by atoms with Gasteiger partial charge in [0, 0.05) is 30.2 Å². The van der Waals surface area contributed by atoms with E-state index in [1.807, 2.05) is 41.6 Å². The van der Waals surface area contributed by atoms with Crippen LogP contribution >= 0.6 is 0 Å². The van der Waals surface area contributed by atoms with Crippen LogP contribution in [0.2, 0.25) is 0 Å². The van der Waals surface area contributed by atoms with E-state index in [0.29, 0.717) is 5.92 Å². The molecule has 3 aromatic rings. The van der Waals surface area contributed by atoms with Gasteiger partial charge in [0.1, 0.15) is 0 Å². The Morgan fingerprint density at radius 1 is 1.12 bits per heavy atom. The lowest BCUT2D eigenvalue weighted by atomic mass is 10.2. The number of aryl methyl sites for hydroxylation is 1. The molecule has 3 heterocycles. The number of hydrogen-bond donors (Lipinski definition) is 1. The van der Waals surface area contributed by atoms with E-state index in [4.69, 9.17) is 0 Å². The van der Waals surface area contributed by atoms with Crippen molar-refractivity contribution in [2.24, 2.45) is 5.92 Å². The van der Waals surface area contributed by atoms with Crippen molar-refractivity contribution in [3.8, 4) is 16.9 Å². The first-order chi connectivity index (χ1) is 12.2. The van der Waals surface area contributed by atoms with E-state index in [1.54, 1.807) is 0 Å². The lowest BCUT2D eigenvalue weighted by Gasteiger charge is -2.08. The summed E-state index contributed by atoms with van der Waals surface area (Å²) in [5, 5.41) is 7.86. The van der Waals surface area contributed by atoms with Crippen LogP contribution in [0.4, 0.5) is 5.69 Å². The molecular formula is C20H25N5. The molecule has 0 unspecified atom stereocenters. The Bertz CT molecular complexity index is 805. The van der Waals surface area contributed by atoms with Crippen LogP contribution < -0.4 is 5.32 Å². The molecule has 0 saturated carbocycles. The van der Waals surface area contributed by atoms with E-state index in [1.165, 1.54) is 0 Å². The number of rotatable bonds is 7. The van der Waals surface area contributed by atoms with Crippen molar-refractivity contribution in [1.82, 2.24) is 19.7 Å². The molecule has 0 amide bonds. The van der Waals surface area contributed by atoms with Crippen LogP contribution in [0.3, 0.4) is 0 Å². The second-order valence-electron chi connectivity index (χ2n) is 6.64. The highest BCUT2D eigenvalue weighted by molar-refractivity contribution is 5.60. The highest BCUT2D eigenvalue weighted by Crippen LogP contribution is 2.20. The molecule has 25 heavy (non-hydrogen) atoms. The number of hydrogen-bond acceptors (Lipinski definition) is 4. The monoisotopic (exact) mass is 335 g/mol. The van der Waals surface area contributed by atoms with Gasteiger partial charge in [0.25, 0.3) is 0 Å². The van der Waals surface area contributed by atoms with Crippen LogP contribution in [-0.4, -0.2) is 26.3 Å². The summed E-state index contributed by atoms with van der Waals surface area (Å²) in [6.07, 6.45) is 9.64. The first-order valence-electron chi connectivity index (χ1n) is 8.86. The number of aromatic nitrogens is 4. The van der Waals surface area contributed by atoms with Crippen molar-refractivity contribution >= 4 is 5.69 Å². The van der Waals surface area contributed by atoms with Gasteiger partial charge < -0.3 is 5.32 Å². The van der Waals surface area contributed by atoms with Crippen LogP contribution in [0, 0.1) is 5.92 Å². The fourth-order valence-corrected chi connectivity index (χ4v) is 2.59. The third kappa shape index (κ3) is 4.44. The molecule has 1 N–H and O–H groups in total. The maximum atomic E-state index is 4.55. The van der Waals surface area contributed by atoms with Gasteiger partial charge in [0.05, 0.1) is 29.5 Å². The molecule has 130 valence electrons. The smallest absolute Gasteiger partial charge is 0.0735 e. The second-order valence-corrected chi connectivity index (χ2v) is 6.64. The zero-order chi connectivity index (χ0) is 17.6. The van der Waals surface area contributed by atoms with Gasteiger partial charge >= 0.3 is 0 Å². The average molecular weight is 335 g/mol. The Labute approximate surface area is 149 Å². The molecule has 0 saturated heterocycles. The zero-order valence-corrected chi connectivity index (χ0v) is 15.1. The molecule has 3 aromatic heterocycles. The third-order valence-corrected chi connectivity index (χ3v) is 3.93. The van der Waals surface area contributed by atoms with Crippen molar-refractivity contribution in [2.45, 2.75) is 33.6 Å². The van der Waals surface area contributed by atoms with E-state index in [9.17, 15) is 0 Å². The van der Waals surface area contributed by atoms with Crippen LogP contribution in [0.25, 0.3) is 16.9 Å². The Morgan fingerprint density at radius 2 is 2.00 bits per heavy atom. The number of pyridine rings is 2. The first-order valence-corrected chi connectivity index (χ1v) is 8.86. The van der Waals surface area contributed by atoms with E-state index in [-0.39, 0.29) is 0 Å². The topological polar surface area (TPSA) is 55.6 Å². The SMILES string of the molecule is CCCc1cc(-n2cc(-c3ccc(NCC(C)C)cn3)cn2)ccn1. The Kier molecular flexibility index (Phi) is 5.43. The van der Waals surface area contributed by atoms with Gasteiger partial charge in [0.15, 0.2) is 0 Å². The van der Waals surface area contributed by atoms with Gasteiger partial charge in [-0.05, 0) is 36.6 Å². The molecule has 3 rings (SSSR count). The summed E-state index contributed by atoms with van der Waals surface area (Å²) >= 11 is 0. The van der Waals surface area contributed by atoms with Crippen LogP contribution in [-0.2, 0) is 6.42 Å². The van der Waals surface area contributed by atoms with Crippen molar-refractivity contribution < 1.29 is 0 Å². The molecule has 0 bridgehead atoms. The summed E-state index contributed by atoms with van der Waals surface area (Å²) in [6.45, 7) is 7.48. The molecule has 0 radical (unpaired) electrons. The Morgan fingerprint density at radius 3 is 2.72 bits per heavy atom. The fourth-order valence-electron chi connectivity index (χ4n) is 2.59. The van der Waals surface area contributed by atoms with E-state index >= 15 is 0 Å². The summed E-state index contributed by atoms with van der Waals surface area (Å²) in [7, 11) is 0. The molecule has 0 aliphatic carbocycles. The van der Waals surface area contributed by atoms with Crippen LogP contribution in [0.15, 0.2) is 49.1 Å². The lowest BCUT2D eigenvalue weighted by molar-refractivity contribution is 0.688. The number of nitrogens with zero attached hydrogens (tertiary/aromatic N) is 4. The fraction of sp³-hybridized carbons (Fsp3) is 0.350. The van der Waals surface area contributed by atoms with Crippen molar-refractivity contribution in [1.29, 1.82) is 0 Å². The zero-order valence-electron chi connectivity index (χ0n) is 15.1. The van der Waals surface area contributed by atoms with Gasteiger partial charge in [-0.2, -0.15) is 5.10 Å². The summed E-state index contributed by atoms with van der Waals surface area (Å²) < 4.78 is 1.88. The van der Waals surface area contributed by atoms with Gasteiger partial charge in [-0.15, -0.1) is 0 Å². The maximum Gasteiger partial charge on any atom is 0.0735 e.